The second-order valence-corrected chi connectivity index (χ2v) is 3.55. The predicted octanol–water partition coefficient (Wildman–Crippen LogP) is 0.955. The van der Waals surface area contributed by atoms with E-state index in [0.29, 0.717) is 5.92 Å². The van der Waals surface area contributed by atoms with Gasteiger partial charge in [-0.15, -0.1) is 0 Å². The van der Waals surface area contributed by atoms with Gasteiger partial charge in [0.05, 0.1) is 6.10 Å². The molecular formula is C8H19NO. The molecule has 0 saturated carbocycles. The Balaban J connectivity index is 3.34. The van der Waals surface area contributed by atoms with Gasteiger partial charge in [0.1, 0.15) is 0 Å². The molecule has 0 amide bonds. The molecule has 10 heavy (non-hydrogen) atoms. The third-order valence-corrected chi connectivity index (χ3v) is 1.32. The first kappa shape index (κ1) is 9.92. The molecule has 0 rings (SSSR count). The summed E-state index contributed by atoms with van der Waals surface area (Å²) in [7, 11) is 3.95. The Kier molecular flexibility index (Phi) is 4.65. The number of hydrogen-bond acceptors (Lipinski definition) is 2. The molecule has 0 unspecified atom stereocenters. The fourth-order valence-electron chi connectivity index (χ4n) is 1.04. The largest absolute Gasteiger partial charge is 0.392 e. The van der Waals surface area contributed by atoms with Crippen molar-refractivity contribution in [3.63, 3.8) is 0 Å². The van der Waals surface area contributed by atoms with E-state index in [1.165, 1.54) is 0 Å². The first-order valence-corrected chi connectivity index (χ1v) is 3.85. The molecule has 2 nitrogen and oxygen atoms in total. The van der Waals surface area contributed by atoms with Crippen LogP contribution < -0.4 is 0 Å². The van der Waals surface area contributed by atoms with Gasteiger partial charge in [-0.25, -0.2) is 0 Å². The zero-order valence-electron chi connectivity index (χ0n) is 7.46. The summed E-state index contributed by atoms with van der Waals surface area (Å²) in [6.07, 6.45) is 0.744. The number of aliphatic hydroxyl groups excluding tert-OH is 1. The molecule has 0 aliphatic carbocycles. The van der Waals surface area contributed by atoms with Crippen molar-refractivity contribution in [2.45, 2.75) is 26.4 Å². The lowest BCUT2D eigenvalue weighted by atomic mass is 10.1. The highest BCUT2D eigenvalue weighted by Gasteiger charge is 2.06. The first-order valence-electron chi connectivity index (χ1n) is 3.85. The molecule has 0 fully saturated rings. The molecule has 0 bridgehead atoms. The molecule has 0 saturated heterocycles. The lowest BCUT2D eigenvalue weighted by molar-refractivity contribution is 0.115. The molecule has 1 N–H and O–H groups in total. The van der Waals surface area contributed by atoms with Gasteiger partial charge in [-0.2, -0.15) is 0 Å². The smallest absolute Gasteiger partial charge is 0.0669 e. The number of rotatable bonds is 4. The van der Waals surface area contributed by atoms with Crippen LogP contribution in [0.5, 0.6) is 0 Å². The molecule has 0 aliphatic rings. The Morgan fingerprint density at radius 3 is 2.10 bits per heavy atom. The second kappa shape index (κ2) is 4.69. The van der Waals surface area contributed by atoms with Crippen molar-refractivity contribution < 1.29 is 5.11 Å². The van der Waals surface area contributed by atoms with Crippen LogP contribution in [0.4, 0.5) is 0 Å². The highest BCUT2D eigenvalue weighted by atomic mass is 16.3. The van der Waals surface area contributed by atoms with E-state index in [1.807, 2.05) is 19.0 Å². The predicted molar refractivity (Wildman–Crippen MR) is 44.0 cm³/mol. The van der Waals surface area contributed by atoms with Crippen LogP contribution in [-0.4, -0.2) is 36.8 Å². The van der Waals surface area contributed by atoms with Crippen LogP contribution in [0.1, 0.15) is 20.3 Å². The zero-order chi connectivity index (χ0) is 8.15. The van der Waals surface area contributed by atoms with Crippen LogP contribution >= 0.6 is 0 Å². The van der Waals surface area contributed by atoms with Crippen LogP contribution in [0.25, 0.3) is 0 Å². The topological polar surface area (TPSA) is 23.5 Å². The van der Waals surface area contributed by atoms with Crippen LogP contribution in [0.3, 0.4) is 0 Å². The summed E-state index contributed by atoms with van der Waals surface area (Å²) in [5.41, 5.74) is 0. The van der Waals surface area contributed by atoms with Gasteiger partial charge >= 0.3 is 0 Å². The SMILES string of the molecule is CC(C)C[C@H](O)CN(C)C. The molecule has 0 aliphatic heterocycles. The summed E-state index contributed by atoms with van der Waals surface area (Å²) in [5, 5.41) is 9.35. The Bertz CT molecular complexity index is 71.3. The minimum absolute atomic E-state index is 0.157. The van der Waals surface area contributed by atoms with Crippen molar-refractivity contribution in [3.8, 4) is 0 Å². The monoisotopic (exact) mass is 145 g/mol. The molecule has 0 aromatic heterocycles. The van der Waals surface area contributed by atoms with E-state index in [0.717, 1.165) is 13.0 Å². The van der Waals surface area contributed by atoms with Gasteiger partial charge < -0.3 is 10.0 Å². The number of aliphatic hydroxyl groups is 1. The lowest BCUT2D eigenvalue weighted by Crippen LogP contribution is -2.26. The van der Waals surface area contributed by atoms with Gasteiger partial charge in [0.2, 0.25) is 0 Å². The van der Waals surface area contributed by atoms with Gasteiger partial charge in [0.15, 0.2) is 0 Å². The summed E-state index contributed by atoms with van der Waals surface area (Å²) in [5.74, 6) is 0.593. The fourth-order valence-corrected chi connectivity index (χ4v) is 1.04. The first-order chi connectivity index (χ1) is 4.52. The van der Waals surface area contributed by atoms with Gasteiger partial charge in [-0.05, 0) is 26.4 Å². The van der Waals surface area contributed by atoms with E-state index in [4.69, 9.17) is 0 Å². The van der Waals surface area contributed by atoms with Gasteiger partial charge in [0.25, 0.3) is 0 Å². The molecule has 62 valence electrons. The average molecular weight is 145 g/mol. The Morgan fingerprint density at radius 1 is 1.30 bits per heavy atom. The molecule has 0 spiro atoms. The van der Waals surface area contributed by atoms with Crippen LogP contribution in [0.15, 0.2) is 0 Å². The van der Waals surface area contributed by atoms with E-state index in [1.54, 1.807) is 0 Å². The molecule has 0 heterocycles. The Morgan fingerprint density at radius 2 is 1.80 bits per heavy atom. The second-order valence-electron chi connectivity index (χ2n) is 3.55. The summed E-state index contributed by atoms with van der Waals surface area (Å²) in [6.45, 7) is 5.02. The molecule has 1 atom stereocenters. The van der Waals surface area contributed by atoms with E-state index >= 15 is 0 Å². The van der Waals surface area contributed by atoms with E-state index in [9.17, 15) is 5.11 Å². The maximum absolute atomic E-state index is 9.35. The van der Waals surface area contributed by atoms with E-state index in [2.05, 4.69) is 13.8 Å². The number of nitrogens with zero attached hydrogens (tertiary/aromatic N) is 1. The summed E-state index contributed by atoms with van der Waals surface area (Å²) >= 11 is 0. The van der Waals surface area contributed by atoms with Gasteiger partial charge in [-0.3, -0.25) is 0 Å². The maximum atomic E-state index is 9.35. The van der Waals surface area contributed by atoms with E-state index < -0.39 is 0 Å². The van der Waals surface area contributed by atoms with Crippen LogP contribution in [-0.2, 0) is 0 Å². The minimum Gasteiger partial charge on any atom is -0.392 e. The normalized spacial score (nSPS) is 14.7. The van der Waals surface area contributed by atoms with Crippen LogP contribution in [0, 0.1) is 5.92 Å². The maximum Gasteiger partial charge on any atom is 0.0669 e. The van der Waals surface area contributed by atoms with Gasteiger partial charge in [0, 0.05) is 6.54 Å². The average Bonchev–Trinajstić information content (AvgIpc) is 1.58. The van der Waals surface area contributed by atoms with Crippen molar-refractivity contribution in [2.75, 3.05) is 20.6 Å². The van der Waals surface area contributed by atoms with Crippen LogP contribution in [0.2, 0.25) is 0 Å². The molecule has 0 aromatic rings. The van der Waals surface area contributed by atoms with Crippen molar-refractivity contribution >= 4 is 0 Å². The standard InChI is InChI=1S/C8H19NO/c1-7(2)5-8(10)6-9(3)4/h7-8,10H,5-6H2,1-4H3/t8-/m0/s1. The minimum atomic E-state index is -0.157. The third-order valence-electron chi connectivity index (χ3n) is 1.32. The van der Waals surface area contributed by atoms with E-state index in [-0.39, 0.29) is 6.10 Å². The van der Waals surface area contributed by atoms with Gasteiger partial charge in [-0.1, -0.05) is 13.8 Å². The molecule has 0 radical (unpaired) electrons. The summed E-state index contributed by atoms with van der Waals surface area (Å²) < 4.78 is 0. The molecule has 0 aromatic carbocycles. The van der Waals surface area contributed by atoms with Crippen molar-refractivity contribution in [2.24, 2.45) is 5.92 Å². The van der Waals surface area contributed by atoms with Crippen molar-refractivity contribution in [1.29, 1.82) is 0 Å². The number of likely N-dealkylation sites (N-methyl/N-ethyl adjacent to an activating group) is 1. The lowest BCUT2D eigenvalue weighted by Gasteiger charge is -2.17. The molecule has 2 heteroatoms. The Labute approximate surface area is 63.8 Å². The Hall–Kier alpha value is -0.0800. The third kappa shape index (κ3) is 6.05. The van der Waals surface area contributed by atoms with Crippen molar-refractivity contribution in [3.05, 3.63) is 0 Å². The number of hydrogen-bond donors (Lipinski definition) is 1. The quantitative estimate of drug-likeness (QED) is 0.637. The summed E-state index contributed by atoms with van der Waals surface area (Å²) in [6, 6.07) is 0. The van der Waals surface area contributed by atoms with Crippen molar-refractivity contribution in [1.82, 2.24) is 4.90 Å². The zero-order valence-corrected chi connectivity index (χ0v) is 7.46. The summed E-state index contributed by atoms with van der Waals surface area (Å²) in [4.78, 5) is 2.01. The fraction of sp³-hybridized carbons (Fsp3) is 1.00. The highest BCUT2D eigenvalue weighted by molar-refractivity contribution is 4.60. The highest BCUT2D eigenvalue weighted by Crippen LogP contribution is 2.04. The molecular weight excluding hydrogens is 126 g/mol.